The Morgan fingerprint density at radius 3 is 2.70 bits per heavy atom. The van der Waals surface area contributed by atoms with Crippen LogP contribution in [0.4, 0.5) is 5.69 Å². The molecule has 0 aromatic heterocycles. The van der Waals surface area contributed by atoms with Crippen LogP contribution in [0.5, 0.6) is 0 Å². The highest BCUT2D eigenvalue weighted by atomic mass is 79.9. The number of benzene rings is 3. The van der Waals surface area contributed by atoms with Crippen molar-refractivity contribution in [3.63, 3.8) is 0 Å². The molecule has 1 N–H and O–H groups in total. The van der Waals surface area contributed by atoms with E-state index in [1.54, 1.807) is 0 Å². The average Bonchev–Trinajstić information content (AvgIpc) is 2.70. The molecule has 3 aromatic carbocycles. The summed E-state index contributed by atoms with van der Waals surface area (Å²) < 4.78 is 0.918. The molecule has 0 aliphatic carbocycles. The average molecular weight is 423 g/mol. The highest BCUT2D eigenvalue weighted by Gasteiger charge is 2.26. The van der Waals surface area contributed by atoms with Gasteiger partial charge in [0.2, 0.25) is 5.91 Å². The van der Waals surface area contributed by atoms with Crippen molar-refractivity contribution in [2.45, 2.75) is 19.4 Å². The van der Waals surface area contributed by atoms with Gasteiger partial charge in [0.15, 0.2) is 0 Å². The molecule has 3 aromatic rings. The van der Waals surface area contributed by atoms with E-state index in [-0.39, 0.29) is 11.8 Å². The largest absolute Gasteiger partial charge is 0.325 e. The maximum absolute atomic E-state index is 12.8. The van der Waals surface area contributed by atoms with Gasteiger partial charge in [0, 0.05) is 17.6 Å². The zero-order valence-electron chi connectivity index (χ0n) is 15.2. The van der Waals surface area contributed by atoms with Gasteiger partial charge in [-0.2, -0.15) is 0 Å². The van der Waals surface area contributed by atoms with Crippen LogP contribution in [0.3, 0.4) is 0 Å². The minimum atomic E-state index is 0.0285. The molecular formula is C23H23BrN2O. The van der Waals surface area contributed by atoms with Gasteiger partial charge in [0.1, 0.15) is 0 Å². The fraction of sp³-hybridized carbons (Fsp3) is 0.261. The van der Waals surface area contributed by atoms with Crippen molar-refractivity contribution >= 4 is 38.3 Å². The third kappa shape index (κ3) is 4.23. The summed E-state index contributed by atoms with van der Waals surface area (Å²) in [5, 5.41) is 5.66. The first-order valence-corrected chi connectivity index (χ1v) is 10.2. The quantitative estimate of drug-likeness (QED) is 0.605. The van der Waals surface area contributed by atoms with Crippen molar-refractivity contribution in [1.82, 2.24) is 4.90 Å². The number of hydrogen-bond acceptors (Lipinski definition) is 2. The summed E-state index contributed by atoms with van der Waals surface area (Å²) in [5.74, 6) is 0.144. The zero-order chi connectivity index (χ0) is 18.6. The topological polar surface area (TPSA) is 32.3 Å². The predicted molar refractivity (Wildman–Crippen MR) is 115 cm³/mol. The van der Waals surface area contributed by atoms with E-state index in [0.717, 1.165) is 42.6 Å². The monoisotopic (exact) mass is 422 g/mol. The number of para-hydroxylation sites is 1. The Labute approximate surface area is 168 Å². The Hall–Kier alpha value is -2.17. The Morgan fingerprint density at radius 1 is 1.04 bits per heavy atom. The van der Waals surface area contributed by atoms with Gasteiger partial charge < -0.3 is 5.32 Å². The number of piperidine rings is 1. The molecule has 0 bridgehead atoms. The van der Waals surface area contributed by atoms with Crippen LogP contribution in [0.15, 0.2) is 71.2 Å². The first-order chi connectivity index (χ1) is 13.2. The van der Waals surface area contributed by atoms with E-state index in [4.69, 9.17) is 0 Å². The summed E-state index contributed by atoms with van der Waals surface area (Å²) in [5.41, 5.74) is 2.17. The lowest BCUT2D eigenvalue weighted by Crippen LogP contribution is -2.40. The fourth-order valence-corrected chi connectivity index (χ4v) is 4.27. The molecule has 4 rings (SSSR count). The molecule has 0 spiro atoms. The normalized spacial score (nSPS) is 17.7. The van der Waals surface area contributed by atoms with Crippen LogP contribution in [0.2, 0.25) is 0 Å². The van der Waals surface area contributed by atoms with Crippen LogP contribution in [-0.4, -0.2) is 23.9 Å². The molecule has 1 fully saturated rings. The van der Waals surface area contributed by atoms with Crippen LogP contribution >= 0.6 is 15.9 Å². The number of rotatable bonds is 4. The molecule has 1 amide bonds. The minimum absolute atomic E-state index is 0.0285. The van der Waals surface area contributed by atoms with E-state index in [0.29, 0.717) is 0 Å². The van der Waals surface area contributed by atoms with Gasteiger partial charge in [0.05, 0.1) is 11.6 Å². The molecule has 4 heteroatoms. The summed E-state index contributed by atoms with van der Waals surface area (Å²) in [4.78, 5) is 15.2. The van der Waals surface area contributed by atoms with E-state index in [1.807, 2.05) is 24.3 Å². The Kier molecular flexibility index (Phi) is 5.55. The fourth-order valence-electron chi connectivity index (χ4n) is 3.88. The van der Waals surface area contributed by atoms with Gasteiger partial charge in [-0.15, -0.1) is 0 Å². The Morgan fingerprint density at radius 2 is 1.81 bits per heavy atom. The van der Waals surface area contributed by atoms with Crippen molar-refractivity contribution in [1.29, 1.82) is 0 Å². The Bertz CT molecular complexity index is 951. The van der Waals surface area contributed by atoms with E-state index in [2.05, 4.69) is 68.6 Å². The van der Waals surface area contributed by atoms with E-state index in [1.165, 1.54) is 16.3 Å². The molecule has 1 aliphatic rings. The standard InChI is InChI=1S/C23H23BrN2O/c24-21-12-3-4-13-22(21)25-23(27)19-10-6-14-26(16-19)15-18-9-5-8-17-7-1-2-11-20(17)18/h1-5,7-9,11-13,19H,6,10,14-16H2,(H,25,27). The van der Waals surface area contributed by atoms with Gasteiger partial charge in [0.25, 0.3) is 0 Å². The number of fused-ring (bicyclic) bond motifs is 1. The third-order valence-electron chi connectivity index (χ3n) is 5.28. The number of anilines is 1. The van der Waals surface area contributed by atoms with Gasteiger partial charge >= 0.3 is 0 Å². The van der Waals surface area contributed by atoms with E-state index in [9.17, 15) is 4.79 Å². The van der Waals surface area contributed by atoms with Crippen LogP contribution in [0.1, 0.15) is 18.4 Å². The van der Waals surface area contributed by atoms with Crippen molar-refractivity contribution in [2.75, 3.05) is 18.4 Å². The third-order valence-corrected chi connectivity index (χ3v) is 5.97. The molecule has 1 saturated heterocycles. The summed E-state index contributed by atoms with van der Waals surface area (Å²) in [6.07, 6.45) is 2.00. The van der Waals surface area contributed by atoms with E-state index >= 15 is 0 Å². The molecule has 1 unspecified atom stereocenters. The van der Waals surface area contributed by atoms with Gasteiger partial charge in [-0.25, -0.2) is 0 Å². The number of likely N-dealkylation sites (tertiary alicyclic amines) is 1. The second-order valence-electron chi connectivity index (χ2n) is 7.18. The molecular weight excluding hydrogens is 400 g/mol. The second kappa shape index (κ2) is 8.24. The maximum atomic E-state index is 12.8. The predicted octanol–water partition coefficient (Wildman–Crippen LogP) is 5.45. The van der Waals surface area contributed by atoms with E-state index < -0.39 is 0 Å². The summed E-state index contributed by atoms with van der Waals surface area (Å²) in [6, 6.07) is 22.8. The second-order valence-corrected chi connectivity index (χ2v) is 8.04. The van der Waals surface area contributed by atoms with Crippen molar-refractivity contribution in [3.05, 3.63) is 76.8 Å². The van der Waals surface area contributed by atoms with Gasteiger partial charge in [-0.3, -0.25) is 9.69 Å². The molecule has 3 nitrogen and oxygen atoms in total. The molecule has 1 aliphatic heterocycles. The SMILES string of the molecule is O=C(Nc1ccccc1Br)C1CCCN(Cc2cccc3ccccc23)C1. The molecule has 27 heavy (non-hydrogen) atoms. The van der Waals surface area contributed by atoms with Gasteiger partial charge in [-0.05, 0) is 63.8 Å². The number of amides is 1. The van der Waals surface area contributed by atoms with Gasteiger partial charge in [-0.1, -0.05) is 54.6 Å². The lowest BCUT2D eigenvalue weighted by molar-refractivity contribution is -0.121. The number of hydrogen-bond donors (Lipinski definition) is 1. The number of halogens is 1. The molecule has 0 radical (unpaired) electrons. The first kappa shape index (κ1) is 18.2. The van der Waals surface area contributed by atoms with Crippen molar-refractivity contribution in [2.24, 2.45) is 5.92 Å². The summed E-state index contributed by atoms with van der Waals surface area (Å²) in [7, 11) is 0. The lowest BCUT2D eigenvalue weighted by atomic mass is 9.96. The molecule has 1 heterocycles. The minimum Gasteiger partial charge on any atom is -0.325 e. The molecule has 0 saturated carbocycles. The molecule has 1 atom stereocenters. The summed E-state index contributed by atoms with van der Waals surface area (Å²) >= 11 is 3.50. The Balaban J connectivity index is 1.45. The van der Waals surface area contributed by atoms with Crippen molar-refractivity contribution in [3.8, 4) is 0 Å². The highest BCUT2D eigenvalue weighted by Crippen LogP contribution is 2.26. The number of nitrogens with one attached hydrogen (secondary N) is 1. The lowest BCUT2D eigenvalue weighted by Gasteiger charge is -2.32. The van der Waals surface area contributed by atoms with Crippen LogP contribution < -0.4 is 5.32 Å². The smallest absolute Gasteiger partial charge is 0.228 e. The maximum Gasteiger partial charge on any atom is 0.228 e. The molecule has 138 valence electrons. The van der Waals surface area contributed by atoms with Crippen LogP contribution in [0.25, 0.3) is 10.8 Å². The van der Waals surface area contributed by atoms with Crippen LogP contribution in [-0.2, 0) is 11.3 Å². The number of carbonyl (C=O) groups is 1. The first-order valence-electron chi connectivity index (χ1n) is 9.45. The highest BCUT2D eigenvalue weighted by molar-refractivity contribution is 9.10. The van der Waals surface area contributed by atoms with Crippen LogP contribution in [0, 0.1) is 5.92 Å². The number of carbonyl (C=O) groups excluding carboxylic acids is 1. The number of nitrogens with zero attached hydrogens (tertiary/aromatic N) is 1. The van der Waals surface area contributed by atoms with Crippen molar-refractivity contribution < 1.29 is 4.79 Å². The zero-order valence-corrected chi connectivity index (χ0v) is 16.8. The summed E-state index contributed by atoms with van der Waals surface area (Å²) in [6.45, 7) is 2.74.